The maximum Gasteiger partial charge on any atom is 0.326 e. The lowest BCUT2D eigenvalue weighted by Crippen LogP contribution is -2.37. The summed E-state index contributed by atoms with van der Waals surface area (Å²) >= 11 is 0. The Kier molecular flexibility index (Phi) is 10.9. The molecule has 0 bridgehead atoms. The average Bonchev–Trinajstić information content (AvgIpc) is 3.05. The van der Waals surface area contributed by atoms with Gasteiger partial charge in [-0.2, -0.15) is 0 Å². The van der Waals surface area contributed by atoms with E-state index in [0.29, 0.717) is 31.9 Å². The van der Waals surface area contributed by atoms with Gasteiger partial charge in [0.2, 0.25) is 0 Å². The normalized spacial score (nSPS) is 13.1. The number of fused-ring (bicyclic) bond motifs is 1. The Morgan fingerprint density at radius 3 is 2.63 bits per heavy atom. The third-order valence-corrected chi connectivity index (χ3v) is 7.67. The van der Waals surface area contributed by atoms with E-state index < -0.39 is 12.0 Å². The van der Waals surface area contributed by atoms with Crippen molar-refractivity contribution >= 4 is 17.6 Å². The number of carboxylic acids is 1. The van der Waals surface area contributed by atoms with Crippen molar-refractivity contribution in [3.8, 4) is 16.9 Å². The number of ether oxygens (including phenoxy) is 1. The van der Waals surface area contributed by atoms with Crippen molar-refractivity contribution in [2.75, 3.05) is 43.4 Å². The van der Waals surface area contributed by atoms with E-state index in [-0.39, 0.29) is 0 Å². The van der Waals surface area contributed by atoms with Crippen molar-refractivity contribution in [2.24, 2.45) is 0 Å². The van der Waals surface area contributed by atoms with Crippen molar-refractivity contribution in [3.63, 3.8) is 0 Å². The van der Waals surface area contributed by atoms with Crippen LogP contribution < -0.4 is 15.4 Å². The highest BCUT2D eigenvalue weighted by Gasteiger charge is 2.21. The summed E-state index contributed by atoms with van der Waals surface area (Å²) < 4.78 is 5.97. The molecule has 3 heterocycles. The van der Waals surface area contributed by atoms with Gasteiger partial charge in [0.05, 0.1) is 0 Å². The summed E-state index contributed by atoms with van der Waals surface area (Å²) in [5.74, 6) is 1.47. The van der Waals surface area contributed by atoms with Gasteiger partial charge in [0.25, 0.3) is 0 Å². The number of anilines is 2. The average molecular weight is 581 g/mol. The molecule has 2 aromatic heterocycles. The maximum atomic E-state index is 12.3. The molecule has 0 spiro atoms. The van der Waals surface area contributed by atoms with E-state index in [1.54, 1.807) is 6.20 Å². The van der Waals surface area contributed by atoms with E-state index in [1.165, 1.54) is 11.9 Å². The van der Waals surface area contributed by atoms with E-state index in [1.807, 2.05) is 60.7 Å². The molecule has 4 aromatic rings. The van der Waals surface area contributed by atoms with E-state index in [2.05, 4.69) is 37.6 Å². The molecule has 1 aliphatic heterocycles. The number of nitrogens with one attached hydrogen (secondary N) is 2. The van der Waals surface area contributed by atoms with Crippen LogP contribution in [0.5, 0.6) is 5.75 Å². The summed E-state index contributed by atoms with van der Waals surface area (Å²) in [6.45, 7) is 3.66. The molecule has 9 nitrogen and oxygen atoms in total. The molecule has 0 fully saturated rings. The molecule has 0 saturated heterocycles. The van der Waals surface area contributed by atoms with Gasteiger partial charge >= 0.3 is 5.97 Å². The SMILES string of the molecule is O=C(O)C(CCN(CCCCc1ccc2c(n1)NCCC2)CCOc1ccccc1)Nc1ncncc1-c1ccccc1. The van der Waals surface area contributed by atoms with Crippen molar-refractivity contribution in [2.45, 2.75) is 44.6 Å². The van der Waals surface area contributed by atoms with Crippen molar-refractivity contribution < 1.29 is 14.6 Å². The van der Waals surface area contributed by atoms with Gasteiger partial charge in [0.15, 0.2) is 0 Å². The zero-order valence-corrected chi connectivity index (χ0v) is 24.5. The van der Waals surface area contributed by atoms with Gasteiger partial charge in [0.1, 0.15) is 36.4 Å². The molecule has 2 aromatic carbocycles. The minimum atomic E-state index is -0.912. The van der Waals surface area contributed by atoms with Gasteiger partial charge in [-0.15, -0.1) is 0 Å². The second-order valence-corrected chi connectivity index (χ2v) is 10.8. The van der Waals surface area contributed by atoms with Crippen LogP contribution in [0, 0.1) is 0 Å². The van der Waals surface area contributed by atoms with Crippen molar-refractivity contribution in [1.82, 2.24) is 19.9 Å². The molecule has 224 valence electrons. The topological polar surface area (TPSA) is 112 Å². The fourth-order valence-electron chi connectivity index (χ4n) is 5.30. The number of hydrogen-bond acceptors (Lipinski definition) is 8. The molecule has 1 aliphatic rings. The maximum absolute atomic E-state index is 12.3. The third kappa shape index (κ3) is 8.99. The summed E-state index contributed by atoms with van der Waals surface area (Å²) in [4.78, 5) is 28.0. The lowest BCUT2D eigenvalue weighted by Gasteiger charge is -2.25. The number of hydrogen-bond donors (Lipinski definition) is 3. The highest BCUT2D eigenvalue weighted by molar-refractivity contribution is 5.81. The van der Waals surface area contributed by atoms with E-state index >= 15 is 0 Å². The van der Waals surface area contributed by atoms with E-state index in [9.17, 15) is 9.90 Å². The fourth-order valence-corrected chi connectivity index (χ4v) is 5.30. The number of carbonyl (C=O) groups is 1. The van der Waals surface area contributed by atoms with Crippen molar-refractivity contribution in [1.29, 1.82) is 0 Å². The van der Waals surface area contributed by atoms with Crippen LogP contribution in [0.1, 0.15) is 36.9 Å². The Bertz CT molecular complexity index is 1440. The molecule has 0 saturated carbocycles. The van der Waals surface area contributed by atoms with Crippen molar-refractivity contribution in [3.05, 3.63) is 96.6 Å². The first-order chi connectivity index (χ1) is 21.2. The molecule has 0 aliphatic carbocycles. The van der Waals surface area contributed by atoms with Crippen LogP contribution in [-0.2, 0) is 17.6 Å². The molecule has 3 N–H and O–H groups in total. The second-order valence-electron chi connectivity index (χ2n) is 10.8. The van der Waals surface area contributed by atoms with Gasteiger partial charge in [-0.25, -0.2) is 19.7 Å². The third-order valence-electron chi connectivity index (χ3n) is 7.67. The van der Waals surface area contributed by atoms with Crippen LogP contribution in [0.2, 0.25) is 0 Å². The van der Waals surface area contributed by atoms with Crippen LogP contribution in [-0.4, -0.2) is 69.8 Å². The largest absolute Gasteiger partial charge is 0.492 e. The number of carboxylic acid groups (broad SMARTS) is 1. The fraction of sp³-hybridized carbons (Fsp3) is 0.353. The molecule has 1 atom stereocenters. The molecule has 0 radical (unpaired) electrons. The summed E-state index contributed by atoms with van der Waals surface area (Å²) in [5, 5.41) is 16.7. The molecule has 43 heavy (non-hydrogen) atoms. The number of aliphatic carboxylic acids is 1. The number of unbranched alkanes of at least 4 members (excludes halogenated alkanes) is 1. The molecule has 0 amide bonds. The highest BCUT2D eigenvalue weighted by atomic mass is 16.5. The monoisotopic (exact) mass is 580 g/mol. The van der Waals surface area contributed by atoms with Gasteiger partial charge in [-0.1, -0.05) is 54.6 Å². The van der Waals surface area contributed by atoms with Gasteiger partial charge in [-0.3, -0.25) is 4.90 Å². The molecule has 5 rings (SSSR count). The number of aryl methyl sites for hydroxylation is 2. The smallest absolute Gasteiger partial charge is 0.326 e. The zero-order valence-electron chi connectivity index (χ0n) is 24.5. The molecule has 9 heteroatoms. The Balaban J connectivity index is 1.18. The lowest BCUT2D eigenvalue weighted by molar-refractivity contribution is -0.138. The number of aromatic nitrogens is 3. The Morgan fingerprint density at radius 1 is 1.00 bits per heavy atom. The molecular formula is C34H40N6O3. The Hall–Kier alpha value is -4.50. The number of para-hydroxylation sites is 1. The van der Waals surface area contributed by atoms with Gasteiger partial charge in [0, 0.05) is 37.1 Å². The Morgan fingerprint density at radius 2 is 1.81 bits per heavy atom. The summed E-state index contributed by atoms with van der Waals surface area (Å²) in [5.41, 5.74) is 4.12. The number of pyridine rings is 1. The number of benzene rings is 2. The van der Waals surface area contributed by atoms with Gasteiger partial charge < -0.3 is 20.5 Å². The second kappa shape index (κ2) is 15.7. The summed E-state index contributed by atoms with van der Waals surface area (Å²) in [6, 6.07) is 23.1. The lowest BCUT2D eigenvalue weighted by atomic mass is 10.1. The zero-order chi connectivity index (χ0) is 29.7. The van der Waals surface area contributed by atoms with Crippen LogP contribution in [0.15, 0.2) is 85.3 Å². The minimum absolute atomic E-state index is 0.414. The number of rotatable bonds is 16. The first kappa shape index (κ1) is 30.0. The van der Waals surface area contributed by atoms with Crippen LogP contribution in [0.4, 0.5) is 11.6 Å². The molecular weight excluding hydrogens is 540 g/mol. The standard InChI is InChI=1S/C34H40N6O3/c41-34(42)31(39-33-30(24-35-25-37-33)26-10-3-1-4-11-26)18-21-40(22-23-43-29-14-5-2-6-15-29)20-8-7-13-28-17-16-27-12-9-19-36-32(27)38-28/h1-6,10-11,14-17,24-25,31H,7-9,12-13,18-23H2,(H,36,38)(H,41,42)(H,35,37,39). The minimum Gasteiger partial charge on any atom is -0.492 e. The first-order valence-electron chi connectivity index (χ1n) is 15.1. The summed E-state index contributed by atoms with van der Waals surface area (Å²) in [6.07, 6.45) is 8.71. The van der Waals surface area contributed by atoms with Gasteiger partial charge in [-0.05, 0) is 74.4 Å². The van der Waals surface area contributed by atoms with Crippen LogP contribution >= 0.6 is 0 Å². The Labute approximate surface area is 253 Å². The van der Waals surface area contributed by atoms with E-state index in [0.717, 1.165) is 73.6 Å². The van der Waals surface area contributed by atoms with Crippen LogP contribution in [0.25, 0.3) is 11.1 Å². The quantitative estimate of drug-likeness (QED) is 0.147. The molecule has 1 unspecified atom stereocenters. The van der Waals surface area contributed by atoms with E-state index in [4.69, 9.17) is 9.72 Å². The summed E-state index contributed by atoms with van der Waals surface area (Å²) in [7, 11) is 0. The number of nitrogens with zero attached hydrogens (tertiary/aromatic N) is 4. The predicted octanol–water partition coefficient (Wildman–Crippen LogP) is 5.56. The first-order valence-corrected chi connectivity index (χ1v) is 15.1. The van der Waals surface area contributed by atoms with Crippen LogP contribution in [0.3, 0.4) is 0 Å². The predicted molar refractivity (Wildman–Crippen MR) is 169 cm³/mol. The highest BCUT2D eigenvalue weighted by Crippen LogP contribution is 2.26.